The van der Waals surface area contributed by atoms with E-state index in [2.05, 4.69) is 5.32 Å². The van der Waals surface area contributed by atoms with Crippen LogP contribution in [-0.2, 0) is 0 Å². The molecule has 0 bridgehead atoms. The Hall–Kier alpha value is -4.86. The monoisotopic (exact) mass is 592 g/mol. The van der Waals surface area contributed by atoms with Gasteiger partial charge < -0.3 is 10.1 Å². The molecular weight excluding hydrogens is 568 g/mol. The van der Waals surface area contributed by atoms with Crippen LogP contribution in [0.1, 0.15) is 41.4 Å². The minimum Gasteiger partial charge on any atom is -0.497 e. The number of benzene rings is 4. The van der Waals surface area contributed by atoms with E-state index >= 15 is 0 Å². The minimum absolute atomic E-state index is 0.0185. The maximum atomic E-state index is 13.9. The van der Waals surface area contributed by atoms with Gasteiger partial charge in [0.15, 0.2) is 11.6 Å². The zero-order chi connectivity index (χ0) is 30.2. The average Bonchev–Trinajstić information content (AvgIpc) is 2.99. The number of rotatable bonds is 6. The smallest absolute Gasteiger partial charge is 0.262 e. The number of Topliss-reactive ketones (excluding diaryl/α,β-unsaturated/α-hetero) is 2. The van der Waals surface area contributed by atoms with Crippen molar-refractivity contribution in [1.82, 2.24) is 14.8 Å². The van der Waals surface area contributed by atoms with E-state index in [4.69, 9.17) is 21.3 Å². The summed E-state index contributed by atoms with van der Waals surface area (Å²) in [7, 11) is 5.12. The number of nitrogens with one attached hydrogen (secondary N) is 1. The van der Waals surface area contributed by atoms with E-state index < -0.39 is 17.7 Å². The number of halogens is 1. The number of hydrogen-bond donors (Lipinski definition) is 1. The number of fused-ring (bicyclic) bond motifs is 2. The number of pyridine rings is 1. The molecule has 9 nitrogen and oxygen atoms in total. The normalized spacial score (nSPS) is 15.0. The summed E-state index contributed by atoms with van der Waals surface area (Å²) in [6.45, 7) is 0.134. The number of carbonyl (C=O) groups excluding carboxylic acids is 4. The van der Waals surface area contributed by atoms with Crippen molar-refractivity contribution < 1.29 is 23.9 Å². The highest BCUT2D eigenvalue weighted by Gasteiger charge is 2.41. The van der Waals surface area contributed by atoms with E-state index in [1.165, 1.54) is 4.90 Å². The summed E-state index contributed by atoms with van der Waals surface area (Å²) < 4.78 is 5.44. The molecule has 1 N–H and O–H groups in total. The van der Waals surface area contributed by atoms with E-state index in [1.54, 1.807) is 62.5 Å². The third kappa shape index (κ3) is 4.07. The van der Waals surface area contributed by atoms with E-state index in [0.717, 1.165) is 10.8 Å². The summed E-state index contributed by atoms with van der Waals surface area (Å²) in [5.41, 5.74) is 3.30. The fourth-order valence-electron chi connectivity index (χ4n) is 6.15. The lowest BCUT2D eigenvalue weighted by atomic mass is 9.77. The topological polar surface area (TPSA) is 109 Å². The van der Waals surface area contributed by atoms with Crippen molar-refractivity contribution in [2.75, 3.05) is 39.7 Å². The van der Waals surface area contributed by atoms with Gasteiger partial charge in [-0.15, -0.1) is 0 Å². The van der Waals surface area contributed by atoms with Gasteiger partial charge in [-0.05, 0) is 74.8 Å². The molecule has 0 atom stereocenters. The van der Waals surface area contributed by atoms with Gasteiger partial charge in [0.1, 0.15) is 11.7 Å². The predicted molar refractivity (Wildman–Crippen MR) is 164 cm³/mol. The molecule has 7 rings (SSSR count). The van der Waals surface area contributed by atoms with Crippen LogP contribution in [0.5, 0.6) is 5.75 Å². The molecule has 43 heavy (non-hydrogen) atoms. The molecule has 0 unspecified atom stereocenters. The van der Waals surface area contributed by atoms with Gasteiger partial charge in [0.05, 0.1) is 30.5 Å². The number of ketones is 2. The summed E-state index contributed by atoms with van der Waals surface area (Å²) in [6, 6.07) is 17.2. The van der Waals surface area contributed by atoms with Crippen LogP contribution in [0.4, 0.5) is 5.69 Å². The zero-order valence-corrected chi connectivity index (χ0v) is 24.3. The fourth-order valence-corrected chi connectivity index (χ4v) is 6.32. The van der Waals surface area contributed by atoms with Gasteiger partial charge in [-0.2, -0.15) is 0 Å². The Morgan fingerprint density at radius 3 is 2.07 bits per heavy atom. The Balaban J connectivity index is 1.30. The van der Waals surface area contributed by atoms with Crippen molar-refractivity contribution in [1.29, 1.82) is 0 Å². The first-order chi connectivity index (χ1) is 20.7. The Bertz CT molecular complexity index is 2020. The number of methoxy groups -OCH3 is 1. The largest absolute Gasteiger partial charge is 0.497 e. The van der Waals surface area contributed by atoms with Gasteiger partial charge in [0, 0.05) is 55.4 Å². The summed E-state index contributed by atoms with van der Waals surface area (Å²) in [6.07, 6.45) is 0. The van der Waals surface area contributed by atoms with Crippen LogP contribution in [0.2, 0.25) is 5.02 Å². The van der Waals surface area contributed by atoms with Crippen LogP contribution in [0, 0.1) is 5.92 Å². The van der Waals surface area contributed by atoms with Gasteiger partial charge in [-0.25, -0.2) is 4.98 Å². The van der Waals surface area contributed by atoms with Gasteiger partial charge in [0.2, 0.25) is 0 Å². The van der Waals surface area contributed by atoms with Gasteiger partial charge in [0.25, 0.3) is 11.8 Å². The van der Waals surface area contributed by atoms with Crippen molar-refractivity contribution in [2.45, 2.75) is 0 Å². The first kappa shape index (κ1) is 27.0. The van der Waals surface area contributed by atoms with Crippen molar-refractivity contribution in [3.8, 4) is 5.75 Å². The molecule has 0 radical (unpaired) electrons. The van der Waals surface area contributed by atoms with Crippen LogP contribution in [0.3, 0.4) is 0 Å². The first-order valence-corrected chi connectivity index (χ1v) is 14.1. The molecule has 2 heterocycles. The lowest BCUT2D eigenvalue weighted by Gasteiger charge is -2.31. The number of aromatic nitrogens is 1. The van der Waals surface area contributed by atoms with Crippen molar-refractivity contribution >= 4 is 73.2 Å². The van der Waals surface area contributed by atoms with Crippen molar-refractivity contribution in [3.63, 3.8) is 0 Å². The Morgan fingerprint density at radius 1 is 0.814 bits per heavy atom. The quantitative estimate of drug-likeness (QED) is 0.158. The number of anilines is 1. The first-order valence-electron chi connectivity index (χ1n) is 13.7. The summed E-state index contributed by atoms with van der Waals surface area (Å²) >= 11 is 6.26. The number of nitrogens with zero attached hydrogens (tertiary/aromatic N) is 3. The molecule has 2 aliphatic rings. The summed E-state index contributed by atoms with van der Waals surface area (Å²) in [5.74, 6) is -2.03. The Morgan fingerprint density at radius 2 is 1.44 bits per heavy atom. The molecule has 1 aromatic heterocycles. The zero-order valence-electron chi connectivity index (χ0n) is 23.5. The summed E-state index contributed by atoms with van der Waals surface area (Å²) in [4.78, 5) is 62.1. The minimum atomic E-state index is -1.02. The molecule has 2 amide bonds. The number of imide groups is 1. The molecule has 0 fully saturated rings. The number of ether oxygens (including phenoxy) is 1. The standard InChI is InChI=1S/C33H25ClN4O5/c1-37(2)15-38-32(41)21-9-7-19-27-20(8-10-22(28(21)27)33(38)42)31(40)24(30(19)39)14-35-29-18-6-4-16(34)12-26(18)36-25-11-5-17(43-3)13-23(25)29/h4-13,24H,14-15H2,1-3H3,(H,35,36). The maximum Gasteiger partial charge on any atom is 0.262 e. The van der Waals surface area contributed by atoms with E-state index in [-0.39, 0.29) is 24.8 Å². The van der Waals surface area contributed by atoms with Crippen LogP contribution in [0.25, 0.3) is 32.6 Å². The second kappa shape index (κ2) is 9.86. The van der Waals surface area contributed by atoms with Crippen molar-refractivity contribution in [2.24, 2.45) is 5.92 Å². The Kier molecular flexibility index (Phi) is 6.19. The molecule has 214 valence electrons. The number of hydrogen-bond acceptors (Lipinski definition) is 8. The van der Waals surface area contributed by atoms with Crippen LogP contribution < -0.4 is 10.1 Å². The molecule has 4 aromatic carbocycles. The molecular formula is C33H25ClN4O5. The molecule has 0 saturated carbocycles. The van der Waals surface area contributed by atoms with Gasteiger partial charge in [-0.1, -0.05) is 11.6 Å². The Labute approximate surface area is 251 Å². The molecule has 0 spiro atoms. The molecule has 0 saturated heterocycles. The lowest BCUT2D eigenvalue weighted by molar-refractivity contribution is 0.0537. The van der Waals surface area contributed by atoms with Crippen LogP contribution in [-0.4, -0.2) is 72.6 Å². The second-order valence-corrected chi connectivity index (χ2v) is 11.5. The van der Waals surface area contributed by atoms with Crippen LogP contribution in [0.15, 0.2) is 60.7 Å². The number of carbonyl (C=O) groups is 4. The third-order valence-corrected chi connectivity index (χ3v) is 8.36. The predicted octanol–water partition coefficient (Wildman–Crippen LogP) is 5.43. The van der Waals surface area contributed by atoms with Gasteiger partial charge in [-0.3, -0.25) is 29.0 Å². The van der Waals surface area contributed by atoms with E-state index in [0.29, 0.717) is 60.5 Å². The summed E-state index contributed by atoms with van der Waals surface area (Å²) in [5, 5.41) is 6.19. The molecule has 5 aromatic rings. The fraction of sp³-hybridized carbons (Fsp3) is 0.182. The van der Waals surface area contributed by atoms with Crippen LogP contribution >= 0.6 is 11.6 Å². The average molecular weight is 593 g/mol. The highest BCUT2D eigenvalue weighted by Crippen LogP contribution is 2.40. The van der Waals surface area contributed by atoms with Crippen molar-refractivity contribution in [3.05, 3.63) is 87.9 Å². The third-order valence-electron chi connectivity index (χ3n) is 8.13. The highest BCUT2D eigenvalue weighted by atomic mass is 35.5. The van der Waals surface area contributed by atoms with E-state index in [1.807, 2.05) is 24.3 Å². The molecule has 1 aliphatic carbocycles. The maximum absolute atomic E-state index is 13.9. The van der Waals surface area contributed by atoms with E-state index in [9.17, 15) is 19.2 Å². The highest BCUT2D eigenvalue weighted by molar-refractivity contribution is 6.35. The molecule has 1 aliphatic heterocycles. The molecule has 10 heteroatoms. The SMILES string of the molecule is COc1ccc2nc3cc(Cl)ccc3c(NCC3C(=O)c4ccc5c6c(ccc(c46)C3=O)C(=O)N(CN(C)C)C5=O)c2c1. The number of amides is 2. The lowest BCUT2D eigenvalue weighted by Crippen LogP contribution is -2.45. The van der Waals surface area contributed by atoms with Gasteiger partial charge >= 0.3 is 0 Å². The second-order valence-electron chi connectivity index (χ2n) is 11.0.